The molecule has 1 aliphatic heterocycles. The van der Waals surface area contributed by atoms with E-state index in [-0.39, 0.29) is 5.92 Å². The van der Waals surface area contributed by atoms with Gasteiger partial charge in [0, 0.05) is 74.2 Å². The van der Waals surface area contributed by atoms with Gasteiger partial charge in [-0.25, -0.2) is 0 Å². The smallest absolute Gasteiger partial charge is 0.0779 e. The maximum absolute atomic E-state index is 4.75. The quantitative estimate of drug-likeness (QED) is 0.118. The fourth-order valence-electron chi connectivity index (χ4n) is 7.97. The van der Waals surface area contributed by atoms with Crippen molar-refractivity contribution in [2.24, 2.45) is 5.92 Å². The lowest BCUT2D eigenvalue weighted by Gasteiger charge is -2.15. The second-order valence-corrected chi connectivity index (χ2v) is 16.4. The van der Waals surface area contributed by atoms with Crippen LogP contribution in [0.1, 0.15) is 42.1 Å². The molecule has 9 rings (SSSR count). The number of hydrogen-bond acceptors (Lipinski definition) is 3. The van der Waals surface area contributed by atoms with Crippen LogP contribution in [0, 0.1) is 5.92 Å². The summed E-state index contributed by atoms with van der Waals surface area (Å²) in [5.41, 5.74) is 34.9. The first-order chi connectivity index (χ1) is 32.1. The molecule has 4 heterocycles. The Bertz CT molecular complexity index is 3400. The predicted octanol–water partition coefficient (Wildman–Crippen LogP) is 15.1. The van der Waals surface area contributed by atoms with Gasteiger partial charge in [0.2, 0.25) is 0 Å². The van der Waals surface area contributed by atoms with Crippen molar-refractivity contribution in [3.63, 3.8) is 0 Å². The zero-order valence-corrected chi connectivity index (χ0v) is 37.0. The van der Waals surface area contributed by atoms with Gasteiger partial charge in [-0.1, -0.05) is 91.2 Å². The van der Waals surface area contributed by atoms with Gasteiger partial charge in [0.25, 0.3) is 0 Å². The third-order valence-electron chi connectivity index (χ3n) is 11.0. The van der Waals surface area contributed by atoms with Gasteiger partial charge in [0.15, 0.2) is 0 Å². The molecule has 4 aromatic rings. The third-order valence-corrected chi connectivity index (χ3v) is 12.0. The number of fused-ring (bicyclic) bond motifs is 3. The molecule has 5 aliphatic rings. The van der Waals surface area contributed by atoms with E-state index in [0.717, 1.165) is 88.7 Å². The molecule has 0 radical (unpaired) electrons. The summed E-state index contributed by atoms with van der Waals surface area (Å²) in [6, 6.07) is 18.6. The molecule has 3 nitrogen and oxygen atoms in total. The summed E-state index contributed by atoms with van der Waals surface area (Å²) in [5, 5.41) is 1.07. The van der Waals surface area contributed by atoms with Crippen LogP contribution in [0.3, 0.4) is 0 Å². The standard InChI is InChI=1S/C61H43N3S/c1-4-6-7-10-21-44(3)46-31-33-53-41-49(39-46)50-40-51(24-19-25-52(42-50)65-53)64-60(20-5-2)56(34-30-45-22-13-14-23-48(38-45)58-28-15-17-36-62-58)57-43-47(32-35-61(57)64)54-26-11-8-9-12-27-55(54)59-29-16-18-37-63-59/h4-6,8,10-18,20-25,27-37,39-41,43,49H,1H2,2-3H3/b20-5-,34-30+,44-21+,51-40+,55-27+. The van der Waals surface area contributed by atoms with Crippen molar-refractivity contribution in [2.45, 2.75) is 13.8 Å². The van der Waals surface area contributed by atoms with Gasteiger partial charge in [-0.05, 0) is 140 Å². The number of thioether (sulfide) groups is 1. The van der Waals surface area contributed by atoms with Crippen LogP contribution in [0.15, 0.2) is 268 Å². The number of rotatable bonds is 10. The number of nitrogens with zero attached hydrogens (tertiary/aromatic N) is 3. The van der Waals surface area contributed by atoms with Crippen LogP contribution < -0.4 is 0 Å². The second kappa shape index (κ2) is 19.8. The lowest BCUT2D eigenvalue weighted by atomic mass is 9.93. The van der Waals surface area contributed by atoms with E-state index in [1.54, 1.807) is 17.8 Å². The summed E-state index contributed by atoms with van der Waals surface area (Å²) in [6.07, 6.45) is 51.4. The SMILES string of the molecule is C=CC=C=C/C=C(\C)C1=CC2C=C(C=C1)SC1=C=C2/C=C(/n2c(/C=C\C)c(/C=C/C3=C=C(c4ccccn4)C=CC=C3)c3cc(C4=C=CC=C=C/C=C\4c4ccccn4)ccc32)C=C=C1. The molecule has 0 N–H and O–H groups in total. The van der Waals surface area contributed by atoms with E-state index in [1.165, 1.54) is 4.91 Å². The Morgan fingerprint density at radius 3 is 2.54 bits per heavy atom. The molecule has 308 valence electrons. The van der Waals surface area contributed by atoms with Crippen LogP contribution in [0.25, 0.3) is 45.5 Å². The summed E-state index contributed by atoms with van der Waals surface area (Å²) < 4.78 is 2.35. The molecular formula is C61H43N3S. The minimum Gasteiger partial charge on any atom is -0.309 e. The van der Waals surface area contributed by atoms with Crippen LogP contribution in [0.5, 0.6) is 0 Å². The Morgan fingerprint density at radius 2 is 1.71 bits per heavy atom. The van der Waals surface area contributed by atoms with Crippen molar-refractivity contribution >= 4 is 57.2 Å². The highest BCUT2D eigenvalue weighted by molar-refractivity contribution is 8.07. The molecular weight excluding hydrogens is 807 g/mol. The normalized spacial score (nSPS) is 19.1. The monoisotopic (exact) mass is 849 g/mol. The Hall–Kier alpha value is -8.33. The number of pyridine rings is 2. The summed E-state index contributed by atoms with van der Waals surface area (Å²) in [4.78, 5) is 11.6. The van der Waals surface area contributed by atoms with Crippen LogP contribution >= 0.6 is 11.8 Å². The van der Waals surface area contributed by atoms with Gasteiger partial charge in [-0.3, -0.25) is 9.97 Å². The fourth-order valence-corrected chi connectivity index (χ4v) is 8.87. The number of hydrogen-bond donors (Lipinski definition) is 0. The van der Waals surface area contributed by atoms with Gasteiger partial charge in [-0.15, -0.1) is 34.4 Å². The van der Waals surface area contributed by atoms with Crippen LogP contribution in [-0.4, -0.2) is 14.5 Å². The Morgan fingerprint density at radius 1 is 0.846 bits per heavy atom. The fraction of sp³-hybridized carbons (Fsp3) is 0.0492. The molecule has 4 aliphatic carbocycles. The molecule has 0 fully saturated rings. The third kappa shape index (κ3) is 9.54. The Balaban J connectivity index is 1.25. The van der Waals surface area contributed by atoms with E-state index in [1.807, 2.05) is 97.4 Å². The average Bonchev–Trinajstić information content (AvgIpc) is 3.59. The minimum atomic E-state index is -0.0236. The first-order valence-corrected chi connectivity index (χ1v) is 22.3. The summed E-state index contributed by atoms with van der Waals surface area (Å²) in [7, 11) is 0. The number of aromatic nitrogens is 3. The first-order valence-electron chi connectivity index (χ1n) is 21.5. The van der Waals surface area contributed by atoms with Crippen molar-refractivity contribution in [1.29, 1.82) is 0 Å². The van der Waals surface area contributed by atoms with Gasteiger partial charge < -0.3 is 4.57 Å². The summed E-state index contributed by atoms with van der Waals surface area (Å²) >= 11 is 1.71. The molecule has 3 aromatic heterocycles. The van der Waals surface area contributed by atoms with E-state index in [2.05, 4.69) is 168 Å². The molecule has 4 heteroatoms. The molecule has 65 heavy (non-hydrogen) atoms. The minimum absolute atomic E-state index is 0.0236. The lowest BCUT2D eigenvalue weighted by Crippen LogP contribution is -2.02. The average molecular weight is 850 g/mol. The van der Waals surface area contributed by atoms with Crippen molar-refractivity contribution in [1.82, 2.24) is 14.5 Å². The largest absolute Gasteiger partial charge is 0.309 e. The summed E-state index contributed by atoms with van der Waals surface area (Å²) in [5.74, 6) is -0.0236. The molecule has 0 saturated carbocycles. The maximum atomic E-state index is 4.75. The van der Waals surface area contributed by atoms with Crippen molar-refractivity contribution in [3.05, 3.63) is 296 Å². The second-order valence-electron chi connectivity index (χ2n) is 15.3. The molecule has 1 atom stereocenters. The Labute approximate surface area is 385 Å². The van der Waals surface area contributed by atoms with Crippen molar-refractivity contribution in [2.75, 3.05) is 0 Å². The van der Waals surface area contributed by atoms with Gasteiger partial charge in [0.05, 0.1) is 33.2 Å². The zero-order chi connectivity index (χ0) is 44.4. The van der Waals surface area contributed by atoms with Gasteiger partial charge in [-0.2, -0.15) is 0 Å². The van der Waals surface area contributed by atoms with E-state index >= 15 is 0 Å². The molecule has 1 aromatic carbocycles. The molecule has 0 saturated heterocycles. The molecule has 4 bridgehead atoms. The predicted molar refractivity (Wildman–Crippen MR) is 275 cm³/mol. The highest BCUT2D eigenvalue weighted by Crippen LogP contribution is 2.41. The Kier molecular flexibility index (Phi) is 12.8. The van der Waals surface area contributed by atoms with E-state index in [0.29, 0.717) is 0 Å². The van der Waals surface area contributed by atoms with Crippen LogP contribution in [-0.2, 0) is 0 Å². The molecule has 0 amide bonds. The van der Waals surface area contributed by atoms with Crippen LogP contribution in [0.4, 0.5) is 0 Å². The van der Waals surface area contributed by atoms with Crippen LogP contribution in [0.2, 0.25) is 0 Å². The van der Waals surface area contributed by atoms with E-state index in [9.17, 15) is 0 Å². The van der Waals surface area contributed by atoms with E-state index < -0.39 is 0 Å². The number of allylic oxidation sites excluding steroid dienone is 23. The maximum Gasteiger partial charge on any atom is 0.0779 e. The van der Waals surface area contributed by atoms with Gasteiger partial charge in [0.1, 0.15) is 0 Å². The summed E-state index contributed by atoms with van der Waals surface area (Å²) in [6.45, 7) is 7.97. The zero-order valence-electron chi connectivity index (χ0n) is 36.2. The lowest BCUT2D eigenvalue weighted by molar-refractivity contribution is 0.995. The first kappa shape index (κ1) is 42.0. The van der Waals surface area contributed by atoms with Crippen molar-refractivity contribution < 1.29 is 0 Å². The highest BCUT2D eigenvalue weighted by Gasteiger charge is 2.22. The topological polar surface area (TPSA) is 30.7 Å². The molecule has 1 unspecified atom stereocenters. The highest BCUT2D eigenvalue weighted by atomic mass is 32.2. The number of benzene rings is 1. The molecule has 0 spiro atoms. The van der Waals surface area contributed by atoms with Crippen molar-refractivity contribution in [3.8, 4) is 0 Å². The van der Waals surface area contributed by atoms with Gasteiger partial charge >= 0.3 is 0 Å². The van der Waals surface area contributed by atoms with E-state index in [4.69, 9.17) is 4.98 Å².